The molecule has 0 aromatic rings. The van der Waals surface area contributed by atoms with Gasteiger partial charge in [0.2, 0.25) is 0 Å². The first-order chi connectivity index (χ1) is 24.8. The first kappa shape index (κ1) is 49.4. The van der Waals surface area contributed by atoms with Crippen LogP contribution < -0.4 is 0 Å². The highest BCUT2D eigenvalue weighted by molar-refractivity contribution is 5.71. The van der Waals surface area contributed by atoms with E-state index >= 15 is 0 Å². The number of hydrogen-bond acceptors (Lipinski definition) is 6. The van der Waals surface area contributed by atoms with Crippen molar-refractivity contribution in [3.63, 3.8) is 0 Å². The first-order valence-electron chi connectivity index (χ1n) is 22.3. The molecule has 0 saturated heterocycles. The van der Waals surface area contributed by atoms with Crippen LogP contribution in [0.2, 0.25) is 0 Å². The van der Waals surface area contributed by atoms with Gasteiger partial charge in [-0.1, -0.05) is 202 Å². The SMILES string of the molecule is CCCCCCCC(=O)OC[C@H](COC(=O)CCCCCCCCCCC(C)CC)OC(=O)CCCCCCCCCCCCCCCC(C)C. The number of carbonyl (C=O) groups is 3. The van der Waals surface area contributed by atoms with Crippen LogP contribution in [-0.4, -0.2) is 37.2 Å². The molecular formula is C45H86O6. The Kier molecular flexibility index (Phi) is 37.0. The zero-order valence-corrected chi connectivity index (χ0v) is 34.7. The summed E-state index contributed by atoms with van der Waals surface area (Å²) < 4.78 is 16.6. The van der Waals surface area contributed by atoms with Gasteiger partial charge < -0.3 is 14.2 Å². The summed E-state index contributed by atoms with van der Waals surface area (Å²) in [5.41, 5.74) is 0. The van der Waals surface area contributed by atoms with E-state index in [-0.39, 0.29) is 31.1 Å². The fraction of sp³-hybridized carbons (Fsp3) is 0.933. The van der Waals surface area contributed by atoms with Crippen LogP contribution in [0.15, 0.2) is 0 Å². The Morgan fingerprint density at radius 1 is 0.412 bits per heavy atom. The number of rotatable bonds is 39. The molecule has 0 aromatic heterocycles. The molecular weight excluding hydrogens is 636 g/mol. The highest BCUT2D eigenvalue weighted by Crippen LogP contribution is 2.17. The summed E-state index contributed by atoms with van der Waals surface area (Å²) in [6, 6.07) is 0. The normalized spacial score (nSPS) is 12.6. The fourth-order valence-electron chi connectivity index (χ4n) is 6.54. The van der Waals surface area contributed by atoms with Gasteiger partial charge in [-0.25, -0.2) is 0 Å². The molecule has 6 heteroatoms. The van der Waals surface area contributed by atoms with Crippen LogP contribution in [0.3, 0.4) is 0 Å². The molecule has 0 aromatic carbocycles. The van der Waals surface area contributed by atoms with E-state index in [0.29, 0.717) is 19.3 Å². The average Bonchev–Trinajstić information content (AvgIpc) is 3.11. The maximum atomic E-state index is 12.7. The van der Waals surface area contributed by atoms with Crippen molar-refractivity contribution in [2.24, 2.45) is 11.8 Å². The molecule has 0 fully saturated rings. The van der Waals surface area contributed by atoms with Crippen LogP contribution in [0.1, 0.15) is 240 Å². The number of unbranched alkanes of at least 4 members (excludes halogenated alkanes) is 23. The lowest BCUT2D eigenvalue weighted by Crippen LogP contribution is -2.30. The molecule has 0 N–H and O–H groups in total. The van der Waals surface area contributed by atoms with Gasteiger partial charge in [-0.3, -0.25) is 14.4 Å². The minimum atomic E-state index is -0.758. The summed E-state index contributed by atoms with van der Waals surface area (Å²) in [6.07, 6.45) is 35.4. The maximum absolute atomic E-state index is 12.7. The summed E-state index contributed by atoms with van der Waals surface area (Å²) in [5, 5.41) is 0. The van der Waals surface area contributed by atoms with Crippen LogP contribution in [0.25, 0.3) is 0 Å². The van der Waals surface area contributed by atoms with Crippen molar-refractivity contribution in [2.45, 2.75) is 246 Å². The minimum absolute atomic E-state index is 0.0663. The molecule has 6 nitrogen and oxygen atoms in total. The average molecular weight is 723 g/mol. The highest BCUT2D eigenvalue weighted by atomic mass is 16.6. The summed E-state index contributed by atoms with van der Waals surface area (Å²) >= 11 is 0. The second-order valence-electron chi connectivity index (χ2n) is 16.1. The van der Waals surface area contributed by atoms with Crippen LogP contribution in [-0.2, 0) is 28.6 Å². The number of carbonyl (C=O) groups excluding carboxylic acids is 3. The molecule has 0 aliphatic carbocycles. The second-order valence-corrected chi connectivity index (χ2v) is 16.1. The molecule has 2 atom stereocenters. The molecule has 0 aliphatic rings. The van der Waals surface area contributed by atoms with E-state index in [1.54, 1.807) is 0 Å². The van der Waals surface area contributed by atoms with Gasteiger partial charge in [0.1, 0.15) is 13.2 Å². The van der Waals surface area contributed by atoms with Crippen molar-refractivity contribution in [3.05, 3.63) is 0 Å². The molecule has 0 saturated carbocycles. The number of hydrogen-bond donors (Lipinski definition) is 0. The smallest absolute Gasteiger partial charge is 0.306 e. The van der Waals surface area contributed by atoms with Gasteiger partial charge in [0.15, 0.2) is 6.10 Å². The Labute approximate surface area is 317 Å². The molecule has 0 heterocycles. The Hall–Kier alpha value is -1.59. The van der Waals surface area contributed by atoms with E-state index < -0.39 is 6.10 Å². The zero-order chi connectivity index (χ0) is 37.6. The molecule has 0 rings (SSSR count). The van der Waals surface area contributed by atoms with Crippen molar-refractivity contribution in [2.75, 3.05) is 13.2 Å². The van der Waals surface area contributed by atoms with Crippen molar-refractivity contribution >= 4 is 17.9 Å². The summed E-state index contributed by atoms with van der Waals surface area (Å²) in [4.78, 5) is 37.4. The maximum Gasteiger partial charge on any atom is 0.306 e. The van der Waals surface area contributed by atoms with E-state index in [9.17, 15) is 14.4 Å². The van der Waals surface area contributed by atoms with Gasteiger partial charge in [0.05, 0.1) is 0 Å². The van der Waals surface area contributed by atoms with Gasteiger partial charge in [-0.2, -0.15) is 0 Å². The summed E-state index contributed by atoms with van der Waals surface area (Å²) in [7, 11) is 0. The van der Waals surface area contributed by atoms with E-state index in [1.807, 2.05) is 0 Å². The quantitative estimate of drug-likeness (QED) is 0.0357. The van der Waals surface area contributed by atoms with Crippen molar-refractivity contribution in [1.82, 2.24) is 0 Å². The fourth-order valence-corrected chi connectivity index (χ4v) is 6.54. The van der Waals surface area contributed by atoms with Gasteiger partial charge >= 0.3 is 17.9 Å². The van der Waals surface area contributed by atoms with Gasteiger partial charge in [0.25, 0.3) is 0 Å². The van der Waals surface area contributed by atoms with E-state index in [1.165, 1.54) is 122 Å². The van der Waals surface area contributed by atoms with Gasteiger partial charge in [-0.15, -0.1) is 0 Å². The number of esters is 3. The van der Waals surface area contributed by atoms with Crippen LogP contribution in [0, 0.1) is 11.8 Å². The third kappa shape index (κ3) is 38.0. The topological polar surface area (TPSA) is 78.9 Å². The molecule has 0 radical (unpaired) electrons. The van der Waals surface area contributed by atoms with Crippen molar-refractivity contribution in [1.29, 1.82) is 0 Å². The van der Waals surface area contributed by atoms with Crippen LogP contribution in [0.5, 0.6) is 0 Å². The Bertz CT molecular complexity index is 781. The second kappa shape index (κ2) is 38.1. The third-order valence-electron chi connectivity index (χ3n) is 10.3. The van der Waals surface area contributed by atoms with E-state index in [2.05, 4.69) is 34.6 Å². The molecule has 0 spiro atoms. The van der Waals surface area contributed by atoms with Gasteiger partial charge in [0, 0.05) is 19.3 Å². The van der Waals surface area contributed by atoms with Gasteiger partial charge in [-0.05, 0) is 31.1 Å². The number of ether oxygens (including phenoxy) is 3. The molecule has 51 heavy (non-hydrogen) atoms. The minimum Gasteiger partial charge on any atom is -0.462 e. The molecule has 1 unspecified atom stereocenters. The molecule has 0 bridgehead atoms. The highest BCUT2D eigenvalue weighted by Gasteiger charge is 2.19. The van der Waals surface area contributed by atoms with Crippen molar-refractivity contribution < 1.29 is 28.6 Å². The monoisotopic (exact) mass is 723 g/mol. The zero-order valence-electron chi connectivity index (χ0n) is 34.7. The third-order valence-corrected chi connectivity index (χ3v) is 10.3. The Morgan fingerprint density at radius 2 is 0.745 bits per heavy atom. The summed E-state index contributed by atoms with van der Waals surface area (Å²) in [5.74, 6) is 0.813. The standard InChI is InChI=1S/C45H86O6/c1-6-8-9-23-30-35-43(46)49-38-42(39-50-44(47)36-31-26-21-18-17-20-25-29-34-41(5)7-2)51-45(48)37-32-27-22-16-14-12-10-11-13-15-19-24-28-33-40(3)4/h40-42H,6-39H2,1-5H3/t41?,42-/m1/s1. The van der Waals surface area contributed by atoms with Crippen LogP contribution >= 0.6 is 0 Å². The molecule has 0 amide bonds. The van der Waals surface area contributed by atoms with Crippen molar-refractivity contribution in [3.8, 4) is 0 Å². The van der Waals surface area contributed by atoms with E-state index in [0.717, 1.165) is 76.0 Å². The lowest BCUT2D eigenvalue weighted by atomic mass is 9.99. The molecule has 0 aliphatic heterocycles. The summed E-state index contributed by atoms with van der Waals surface area (Å²) in [6.45, 7) is 11.3. The Morgan fingerprint density at radius 3 is 1.12 bits per heavy atom. The Balaban J connectivity index is 4.20. The lowest BCUT2D eigenvalue weighted by molar-refractivity contribution is -0.167. The van der Waals surface area contributed by atoms with E-state index in [4.69, 9.17) is 14.2 Å². The lowest BCUT2D eigenvalue weighted by Gasteiger charge is -2.18. The first-order valence-corrected chi connectivity index (χ1v) is 22.3. The predicted molar refractivity (Wildman–Crippen MR) is 215 cm³/mol. The van der Waals surface area contributed by atoms with Crippen LogP contribution in [0.4, 0.5) is 0 Å². The largest absolute Gasteiger partial charge is 0.462 e. The molecule has 302 valence electrons. The predicted octanol–water partition coefficient (Wildman–Crippen LogP) is 13.8.